The summed E-state index contributed by atoms with van der Waals surface area (Å²) in [5, 5.41) is 8.69. The third kappa shape index (κ3) is 7.31. The summed E-state index contributed by atoms with van der Waals surface area (Å²) < 4.78 is 30.0. The van der Waals surface area contributed by atoms with Crippen molar-refractivity contribution in [3.05, 3.63) is 0 Å². The van der Waals surface area contributed by atoms with Gasteiger partial charge in [0.1, 0.15) is 6.04 Å². The van der Waals surface area contributed by atoms with E-state index in [0.717, 1.165) is 6.42 Å². The van der Waals surface area contributed by atoms with Gasteiger partial charge in [-0.3, -0.25) is 0 Å². The van der Waals surface area contributed by atoms with E-state index in [9.17, 15) is 8.42 Å². The highest BCUT2D eigenvalue weighted by Crippen LogP contribution is 1.99. The normalized spacial score (nSPS) is 13.4. The predicted molar refractivity (Wildman–Crippen MR) is 57.7 cm³/mol. The fraction of sp³-hybridized carbons (Fsp3) is 0.889. The fourth-order valence-corrected chi connectivity index (χ4v) is 2.33. The van der Waals surface area contributed by atoms with Crippen LogP contribution in [0.5, 0.6) is 0 Å². The summed E-state index contributed by atoms with van der Waals surface area (Å²) in [6.07, 6.45) is 1.76. The summed E-state index contributed by atoms with van der Waals surface area (Å²) in [7, 11) is -1.82. The third-order valence-corrected chi connectivity index (χ3v) is 3.29. The van der Waals surface area contributed by atoms with E-state index in [0.29, 0.717) is 19.4 Å². The van der Waals surface area contributed by atoms with Crippen molar-refractivity contribution in [2.75, 3.05) is 19.5 Å². The summed E-state index contributed by atoms with van der Waals surface area (Å²) in [5.74, 6) is 0.00271. The molecule has 0 aromatic carbocycles. The monoisotopic (exact) mass is 234 g/mol. The average molecular weight is 234 g/mol. The van der Waals surface area contributed by atoms with Gasteiger partial charge in [0.25, 0.3) is 0 Å². The molecule has 0 radical (unpaired) electrons. The zero-order valence-corrected chi connectivity index (χ0v) is 10.0. The highest BCUT2D eigenvalue weighted by Gasteiger charge is 2.16. The lowest BCUT2D eigenvalue weighted by Crippen LogP contribution is -2.35. The Morgan fingerprint density at radius 1 is 1.53 bits per heavy atom. The summed E-state index contributed by atoms with van der Waals surface area (Å²) >= 11 is 0. The quantitative estimate of drug-likeness (QED) is 0.625. The van der Waals surface area contributed by atoms with Gasteiger partial charge in [-0.25, -0.2) is 8.42 Å². The molecule has 0 bridgehead atoms. The predicted octanol–water partition coefficient (Wildman–Crippen LogP) is 0.635. The van der Waals surface area contributed by atoms with E-state index in [1.54, 1.807) is 0 Å². The maximum Gasteiger partial charge on any atom is 0.212 e. The molecule has 0 aliphatic carbocycles. The van der Waals surface area contributed by atoms with Gasteiger partial charge >= 0.3 is 0 Å². The van der Waals surface area contributed by atoms with E-state index in [1.807, 2.05) is 13.0 Å². The second-order valence-corrected chi connectivity index (χ2v) is 5.13. The van der Waals surface area contributed by atoms with E-state index < -0.39 is 16.1 Å². The molecule has 0 saturated carbocycles. The first-order valence-electron chi connectivity index (χ1n) is 4.94. The number of sulfonamides is 1. The Labute approximate surface area is 91.5 Å². The molecule has 15 heavy (non-hydrogen) atoms. The smallest absolute Gasteiger partial charge is 0.212 e. The van der Waals surface area contributed by atoms with Gasteiger partial charge in [0.15, 0.2) is 0 Å². The molecule has 0 rings (SSSR count). The maximum absolute atomic E-state index is 11.4. The van der Waals surface area contributed by atoms with Crippen LogP contribution in [-0.4, -0.2) is 33.9 Å². The summed E-state index contributed by atoms with van der Waals surface area (Å²) in [5.41, 5.74) is 0. The van der Waals surface area contributed by atoms with Crippen LogP contribution in [-0.2, 0) is 14.8 Å². The minimum Gasteiger partial charge on any atom is -0.385 e. The van der Waals surface area contributed by atoms with Gasteiger partial charge in [0.2, 0.25) is 10.0 Å². The standard InChI is InChI=1S/C9H18N2O3S/c1-3-5-9(8-10)11-15(12,13)7-4-6-14-2/h9,11H,3-7H2,1-2H3. The lowest BCUT2D eigenvalue weighted by molar-refractivity contribution is 0.199. The van der Waals surface area contributed by atoms with Gasteiger partial charge in [-0.1, -0.05) is 13.3 Å². The lowest BCUT2D eigenvalue weighted by atomic mass is 10.2. The Morgan fingerprint density at radius 3 is 2.67 bits per heavy atom. The van der Waals surface area contributed by atoms with Crippen molar-refractivity contribution in [3.8, 4) is 6.07 Å². The van der Waals surface area contributed by atoms with Gasteiger partial charge in [0, 0.05) is 13.7 Å². The average Bonchev–Trinajstić information content (AvgIpc) is 2.17. The Hall–Kier alpha value is -0.640. The van der Waals surface area contributed by atoms with E-state index in [4.69, 9.17) is 10.00 Å². The second-order valence-electron chi connectivity index (χ2n) is 3.25. The molecule has 1 unspecified atom stereocenters. The minimum absolute atomic E-state index is 0.00271. The zero-order valence-electron chi connectivity index (χ0n) is 9.19. The molecule has 1 atom stereocenters. The Balaban J connectivity index is 4.06. The first-order valence-corrected chi connectivity index (χ1v) is 6.59. The van der Waals surface area contributed by atoms with E-state index >= 15 is 0 Å². The number of hydrogen-bond donors (Lipinski definition) is 1. The van der Waals surface area contributed by atoms with Crippen molar-refractivity contribution in [3.63, 3.8) is 0 Å². The molecule has 0 aromatic heterocycles. The van der Waals surface area contributed by atoms with Gasteiger partial charge in [-0.15, -0.1) is 0 Å². The van der Waals surface area contributed by atoms with Crippen molar-refractivity contribution >= 4 is 10.0 Å². The topological polar surface area (TPSA) is 79.2 Å². The summed E-state index contributed by atoms with van der Waals surface area (Å²) in [6.45, 7) is 2.31. The minimum atomic E-state index is -3.34. The van der Waals surface area contributed by atoms with Gasteiger partial charge in [0.05, 0.1) is 11.8 Å². The molecule has 1 N–H and O–H groups in total. The van der Waals surface area contributed by atoms with Crippen LogP contribution in [0.25, 0.3) is 0 Å². The van der Waals surface area contributed by atoms with Crippen LogP contribution in [0.2, 0.25) is 0 Å². The van der Waals surface area contributed by atoms with Crippen LogP contribution in [0.4, 0.5) is 0 Å². The maximum atomic E-state index is 11.4. The van der Waals surface area contributed by atoms with Gasteiger partial charge in [-0.2, -0.15) is 9.98 Å². The second kappa shape index (κ2) is 7.63. The first-order chi connectivity index (χ1) is 7.05. The van der Waals surface area contributed by atoms with Crippen molar-refractivity contribution in [2.45, 2.75) is 32.2 Å². The van der Waals surface area contributed by atoms with Crippen LogP contribution >= 0.6 is 0 Å². The first kappa shape index (κ1) is 14.4. The number of nitrogens with zero attached hydrogens (tertiary/aromatic N) is 1. The zero-order chi connectivity index (χ0) is 11.7. The van der Waals surface area contributed by atoms with Gasteiger partial charge in [-0.05, 0) is 12.8 Å². The largest absolute Gasteiger partial charge is 0.385 e. The van der Waals surface area contributed by atoms with Crippen LogP contribution < -0.4 is 4.72 Å². The highest BCUT2D eigenvalue weighted by atomic mass is 32.2. The number of rotatable bonds is 8. The molecule has 0 spiro atoms. The Bertz CT molecular complexity index is 295. The highest BCUT2D eigenvalue weighted by molar-refractivity contribution is 7.89. The molecule has 6 heteroatoms. The van der Waals surface area contributed by atoms with Gasteiger partial charge < -0.3 is 4.74 Å². The number of hydrogen-bond acceptors (Lipinski definition) is 4. The molecule has 0 saturated heterocycles. The summed E-state index contributed by atoms with van der Waals surface area (Å²) in [4.78, 5) is 0. The molecule has 0 aromatic rings. The third-order valence-electron chi connectivity index (χ3n) is 1.82. The Morgan fingerprint density at radius 2 is 2.20 bits per heavy atom. The molecule has 5 nitrogen and oxygen atoms in total. The number of nitriles is 1. The molecular formula is C9H18N2O3S. The van der Waals surface area contributed by atoms with Crippen LogP contribution in [0, 0.1) is 11.3 Å². The van der Waals surface area contributed by atoms with Crippen molar-refractivity contribution in [2.24, 2.45) is 0 Å². The van der Waals surface area contributed by atoms with Crippen LogP contribution in [0.15, 0.2) is 0 Å². The Kier molecular flexibility index (Phi) is 7.30. The van der Waals surface area contributed by atoms with E-state index in [1.165, 1.54) is 7.11 Å². The van der Waals surface area contributed by atoms with Crippen molar-refractivity contribution in [1.82, 2.24) is 4.72 Å². The van der Waals surface area contributed by atoms with E-state index in [2.05, 4.69) is 4.72 Å². The fourth-order valence-electron chi connectivity index (χ4n) is 1.11. The van der Waals surface area contributed by atoms with Crippen molar-refractivity contribution in [1.29, 1.82) is 5.26 Å². The molecule has 0 heterocycles. The molecule has 0 aliphatic heterocycles. The number of nitrogens with one attached hydrogen (secondary N) is 1. The molecule has 0 fully saturated rings. The molecule has 0 amide bonds. The molecule has 88 valence electrons. The molecular weight excluding hydrogens is 216 g/mol. The lowest BCUT2D eigenvalue weighted by Gasteiger charge is -2.10. The van der Waals surface area contributed by atoms with Crippen molar-refractivity contribution < 1.29 is 13.2 Å². The number of ether oxygens (including phenoxy) is 1. The van der Waals surface area contributed by atoms with Crippen LogP contribution in [0.1, 0.15) is 26.2 Å². The van der Waals surface area contributed by atoms with Crippen LogP contribution in [0.3, 0.4) is 0 Å². The molecule has 0 aliphatic rings. The SMILES string of the molecule is CCCC(C#N)NS(=O)(=O)CCCOC. The number of methoxy groups -OCH3 is 1. The van der Waals surface area contributed by atoms with E-state index in [-0.39, 0.29) is 5.75 Å². The summed E-state index contributed by atoms with van der Waals surface area (Å²) in [6, 6.07) is 1.32.